The van der Waals surface area contributed by atoms with Gasteiger partial charge in [0.15, 0.2) is 0 Å². The lowest BCUT2D eigenvalue weighted by Crippen LogP contribution is -2.47. The number of halogens is 1. The summed E-state index contributed by atoms with van der Waals surface area (Å²) in [6.45, 7) is 0.0878. The van der Waals surface area contributed by atoms with Gasteiger partial charge in [-0.15, -0.1) is 0 Å². The molecule has 0 radical (unpaired) electrons. The van der Waals surface area contributed by atoms with Crippen molar-refractivity contribution in [2.45, 2.75) is 50.7 Å². The molecule has 1 aliphatic rings. The number of ether oxygens (including phenoxy) is 1. The molecule has 1 atom stereocenters. The van der Waals surface area contributed by atoms with Crippen LogP contribution in [0.15, 0.2) is 67.1 Å². The molecular formula is C27H29FN4O3. The van der Waals surface area contributed by atoms with Crippen LogP contribution in [-0.2, 0) is 11.3 Å². The molecule has 35 heavy (non-hydrogen) atoms. The van der Waals surface area contributed by atoms with Crippen molar-refractivity contribution < 1.29 is 18.7 Å². The molecule has 0 bridgehead atoms. The lowest BCUT2D eigenvalue weighted by atomic mass is 9.94. The van der Waals surface area contributed by atoms with Gasteiger partial charge in [-0.25, -0.2) is 9.37 Å². The molecule has 1 aromatic heterocycles. The highest BCUT2D eigenvalue weighted by atomic mass is 19.1. The van der Waals surface area contributed by atoms with Crippen molar-refractivity contribution in [1.29, 1.82) is 0 Å². The fourth-order valence-corrected chi connectivity index (χ4v) is 4.41. The van der Waals surface area contributed by atoms with E-state index in [1.807, 2.05) is 0 Å². The third-order valence-electron chi connectivity index (χ3n) is 6.25. The van der Waals surface area contributed by atoms with Crippen LogP contribution in [0.3, 0.4) is 0 Å². The second kappa shape index (κ2) is 11.6. The first-order valence-corrected chi connectivity index (χ1v) is 11.8. The molecule has 0 saturated heterocycles. The number of nitrogens with one attached hydrogen (secondary N) is 1. The van der Waals surface area contributed by atoms with Crippen molar-refractivity contribution in [3.63, 3.8) is 0 Å². The summed E-state index contributed by atoms with van der Waals surface area (Å²) in [5.74, 6) is -0.434. The van der Waals surface area contributed by atoms with E-state index >= 15 is 0 Å². The summed E-state index contributed by atoms with van der Waals surface area (Å²) < 4.78 is 18.8. The van der Waals surface area contributed by atoms with E-state index < -0.39 is 11.9 Å². The number of hydrogen-bond acceptors (Lipinski definition) is 5. The van der Waals surface area contributed by atoms with E-state index in [2.05, 4.69) is 15.3 Å². The average Bonchev–Trinajstić information content (AvgIpc) is 2.90. The third-order valence-corrected chi connectivity index (χ3v) is 6.25. The van der Waals surface area contributed by atoms with Crippen molar-refractivity contribution in [3.05, 3.63) is 89.8 Å². The van der Waals surface area contributed by atoms with Gasteiger partial charge in [-0.3, -0.25) is 14.6 Å². The summed E-state index contributed by atoms with van der Waals surface area (Å²) in [5, 5.41) is 3.17. The zero-order valence-electron chi connectivity index (χ0n) is 19.7. The van der Waals surface area contributed by atoms with Crippen LogP contribution in [0.25, 0.3) is 0 Å². The molecular weight excluding hydrogens is 447 g/mol. The van der Waals surface area contributed by atoms with E-state index in [0.29, 0.717) is 16.9 Å². The molecule has 4 rings (SSSR count). The lowest BCUT2D eigenvalue weighted by molar-refractivity contribution is -0.127. The van der Waals surface area contributed by atoms with Crippen LogP contribution in [-0.4, -0.2) is 39.8 Å². The van der Waals surface area contributed by atoms with Crippen molar-refractivity contribution in [3.8, 4) is 5.75 Å². The van der Waals surface area contributed by atoms with Gasteiger partial charge in [-0.1, -0.05) is 43.5 Å². The summed E-state index contributed by atoms with van der Waals surface area (Å²) >= 11 is 0. The first-order chi connectivity index (χ1) is 17.0. The van der Waals surface area contributed by atoms with Gasteiger partial charge in [-0.2, -0.15) is 0 Å². The molecule has 7 nitrogen and oxygen atoms in total. The number of rotatable bonds is 8. The van der Waals surface area contributed by atoms with E-state index in [-0.39, 0.29) is 30.0 Å². The summed E-state index contributed by atoms with van der Waals surface area (Å²) in [6.07, 6.45) is 9.42. The van der Waals surface area contributed by atoms with Gasteiger partial charge in [0.2, 0.25) is 5.91 Å². The minimum atomic E-state index is -0.928. The summed E-state index contributed by atoms with van der Waals surface area (Å²) in [5.41, 5.74) is 1.45. The first kappa shape index (κ1) is 24.3. The van der Waals surface area contributed by atoms with Gasteiger partial charge in [0.1, 0.15) is 23.3 Å². The van der Waals surface area contributed by atoms with Gasteiger partial charge in [0.05, 0.1) is 13.3 Å². The molecule has 1 saturated carbocycles. The number of carbonyl (C=O) groups is 2. The molecule has 2 amide bonds. The Labute approximate surface area is 204 Å². The quantitative estimate of drug-likeness (QED) is 0.519. The molecule has 182 valence electrons. The summed E-state index contributed by atoms with van der Waals surface area (Å²) in [4.78, 5) is 37.1. The van der Waals surface area contributed by atoms with Crippen LogP contribution in [0.2, 0.25) is 0 Å². The average molecular weight is 477 g/mol. The molecule has 2 aromatic carbocycles. The van der Waals surface area contributed by atoms with E-state index in [0.717, 1.165) is 32.1 Å². The van der Waals surface area contributed by atoms with Crippen LogP contribution in [0, 0.1) is 5.82 Å². The van der Waals surface area contributed by atoms with Gasteiger partial charge in [-0.05, 0) is 48.2 Å². The number of carbonyl (C=O) groups excluding carboxylic acids is 2. The maximum absolute atomic E-state index is 13.8. The zero-order chi connectivity index (χ0) is 24.6. The highest BCUT2D eigenvalue weighted by Gasteiger charge is 2.34. The number of hydrogen-bond donors (Lipinski definition) is 1. The maximum atomic E-state index is 13.8. The number of nitrogens with zero attached hydrogens (tertiary/aromatic N) is 3. The Hall–Kier alpha value is -3.81. The Bertz CT molecular complexity index is 1120. The fraction of sp³-hybridized carbons (Fsp3) is 0.333. The third kappa shape index (κ3) is 6.20. The van der Waals surface area contributed by atoms with Crippen LogP contribution < -0.4 is 10.1 Å². The minimum Gasteiger partial charge on any atom is -0.497 e. The molecule has 1 heterocycles. The summed E-state index contributed by atoms with van der Waals surface area (Å²) in [6, 6.07) is 12.1. The van der Waals surface area contributed by atoms with E-state index in [9.17, 15) is 14.0 Å². The van der Waals surface area contributed by atoms with Gasteiger partial charge in [0.25, 0.3) is 5.91 Å². The first-order valence-electron chi connectivity index (χ1n) is 11.8. The Morgan fingerprint density at radius 2 is 1.77 bits per heavy atom. The molecule has 0 aliphatic heterocycles. The maximum Gasteiger partial charge on any atom is 0.275 e. The zero-order valence-corrected chi connectivity index (χ0v) is 19.7. The molecule has 1 aliphatic carbocycles. The second-order valence-electron chi connectivity index (χ2n) is 8.67. The topological polar surface area (TPSA) is 84.4 Å². The van der Waals surface area contributed by atoms with Gasteiger partial charge < -0.3 is 15.0 Å². The smallest absolute Gasteiger partial charge is 0.275 e. The Morgan fingerprint density at radius 1 is 1.06 bits per heavy atom. The van der Waals surface area contributed by atoms with Crippen LogP contribution in [0.5, 0.6) is 5.75 Å². The largest absolute Gasteiger partial charge is 0.497 e. The van der Waals surface area contributed by atoms with Crippen molar-refractivity contribution >= 4 is 11.8 Å². The number of amides is 2. The van der Waals surface area contributed by atoms with Crippen molar-refractivity contribution in [2.24, 2.45) is 0 Å². The molecule has 0 spiro atoms. The number of methoxy groups -OCH3 is 1. The predicted molar refractivity (Wildman–Crippen MR) is 129 cm³/mol. The standard InChI is InChI=1S/C27H29FN4O3/c1-35-23-13-9-20(10-14-23)25(26(33)31-22-5-3-2-4-6-22)32(18-19-7-11-21(28)12-8-19)27(34)24-17-29-15-16-30-24/h7-17,22,25H,2-6,18H2,1H3,(H,31,33)/t25-/m1/s1. The lowest BCUT2D eigenvalue weighted by Gasteiger charge is -2.33. The van der Waals surface area contributed by atoms with Crippen molar-refractivity contribution in [2.75, 3.05) is 7.11 Å². The molecule has 1 N–H and O–H groups in total. The number of aromatic nitrogens is 2. The monoisotopic (exact) mass is 476 g/mol. The van der Waals surface area contributed by atoms with Crippen molar-refractivity contribution in [1.82, 2.24) is 20.2 Å². The van der Waals surface area contributed by atoms with E-state index in [1.54, 1.807) is 43.5 Å². The Kier molecular flexibility index (Phi) is 8.03. The molecule has 3 aromatic rings. The van der Waals surface area contributed by atoms with Crippen LogP contribution in [0.1, 0.15) is 59.8 Å². The van der Waals surface area contributed by atoms with Crippen LogP contribution in [0.4, 0.5) is 4.39 Å². The van der Waals surface area contributed by atoms with Gasteiger partial charge in [0, 0.05) is 25.0 Å². The minimum absolute atomic E-state index is 0.0660. The fourth-order valence-electron chi connectivity index (χ4n) is 4.41. The van der Waals surface area contributed by atoms with E-state index in [4.69, 9.17) is 4.74 Å². The SMILES string of the molecule is COc1ccc([C@H](C(=O)NC2CCCCC2)N(Cc2ccc(F)cc2)C(=O)c2cnccn2)cc1. The summed E-state index contributed by atoms with van der Waals surface area (Å²) in [7, 11) is 1.57. The highest BCUT2D eigenvalue weighted by molar-refractivity contribution is 5.96. The van der Waals surface area contributed by atoms with Crippen LogP contribution >= 0.6 is 0 Å². The second-order valence-corrected chi connectivity index (χ2v) is 8.67. The predicted octanol–water partition coefficient (Wildman–Crippen LogP) is 4.46. The normalized spacial score (nSPS) is 14.7. The highest BCUT2D eigenvalue weighted by Crippen LogP contribution is 2.28. The Morgan fingerprint density at radius 3 is 2.40 bits per heavy atom. The molecule has 8 heteroatoms. The Balaban J connectivity index is 1.73. The molecule has 1 fully saturated rings. The number of benzene rings is 2. The van der Waals surface area contributed by atoms with Gasteiger partial charge >= 0.3 is 0 Å². The van der Waals surface area contributed by atoms with E-state index in [1.165, 1.54) is 35.6 Å². The molecule has 0 unspecified atom stereocenters.